The van der Waals surface area contributed by atoms with Gasteiger partial charge in [0.2, 0.25) is 0 Å². The van der Waals surface area contributed by atoms with Crippen molar-refractivity contribution >= 4 is 39.8 Å². The largest absolute Gasteiger partial charge is 0.480 e. The van der Waals surface area contributed by atoms with Crippen LogP contribution in [0.5, 0.6) is 0 Å². The van der Waals surface area contributed by atoms with E-state index in [1.165, 1.54) is 19.3 Å². The molecule has 1 heterocycles. The highest BCUT2D eigenvalue weighted by atomic mass is 79.9. The van der Waals surface area contributed by atoms with Crippen molar-refractivity contribution in [2.75, 3.05) is 0 Å². The lowest BCUT2D eigenvalue weighted by Gasteiger charge is -2.13. The van der Waals surface area contributed by atoms with Gasteiger partial charge in [0, 0.05) is 16.1 Å². The van der Waals surface area contributed by atoms with Gasteiger partial charge in [0.25, 0.3) is 11.8 Å². The van der Waals surface area contributed by atoms with Crippen LogP contribution in [-0.4, -0.2) is 28.9 Å². The summed E-state index contributed by atoms with van der Waals surface area (Å²) < 4.78 is 5.85. The number of nitrogens with one attached hydrogen (secondary N) is 2. The first kappa shape index (κ1) is 18.5. The molecule has 0 fully saturated rings. The van der Waals surface area contributed by atoms with Crippen LogP contribution in [0.25, 0.3) is 6.08 Å². The minimum atomic E-state index is -1.19. The number of rotatable bonds is 6. The normalized spacial score (nSPS) is 12.3. The van der Waals surface area contributed by atoms with E-state index in [9.17, 15) is 14.4 Å². The van der Waals surface area contributed by atoms with Crippen molar-refractivity contribution in [3.63, 3.8) is 0 Å². The van der Waals surface area contributed by atoms with Crippen molar-refractivity contribution < 1.29 is 23.9 Å². The number of aliphatic carboxylic acids is 1. The molecule has 0 saturated carbocycles. The number of amides is 2. The fourth-order valence-electron chi connectivity index (χ4n) is 1.83. The van der Waals surface area contributed by atoms with Crippen molar-refractivity contribution in [1.82, 2.24) is 10.6 Å². The first-order valence-electron chi connectivity index (χ1n) is 7.22. The van der Waals surface area contributed by atoms with E-state index in [0.29, 0.717) is 15.8 Å². The number of carbonyl (C=O) groups is 3. The fraction of sp³-hybridized carbons (Fsp3) is 0.118. The molecule has 1 aromatic carbocycles. The van der Waals surface area contributed by atoms with Crippen molar-refractivity contribution in [2.45, 2.75) is 13.0 Å². The Morgan fingerprint density at radius 1 is 1.24 bits per heavy atom. The van der Waals surface area contributed by atoms with Crippen molar-refractivity contribution in [1.29, 1.82) is 0 Å². The summed E-state index contributed by atoms with van der Waals surface area (Å²) in [4.78, 5) is 35.6. The lowest BCUT2D eigenvalue weighted by Crippen LogP contribution is -2.42. The summed E-state index contributed by atoms with van der Waals surface area (Å²) >= 11 is 3.27. The van der Waals surface area contributed by atoms with Crippen LogP contribution in [0.2, 0.25) is 0 Å². The molecule has 2 aromatic rings. The summed E-state index contributed by atoms with van der Waals surface area (Å²) in [5, 5.41) is 13.7. The van der Waals surface area contributed by atoms with Gasteiger partial charge in [-0.25, -0.2) is 0 Å². The molecule has 0 saturated heterocycles. The Balaban J connectivity index is 2.24. The first-order valence-corrected chi connectivity index (χ1v) is 8.02. The summed E-state index contributed by atoms with van der Waals surface area (Å²) in [6, 6.07) is 8.73. The molecule has 130 valence electrons. The second-order valence-corrected chi connectivity index (χ2v) is 5.99. The van der Waals surface area contributed by atoms with Gasteiger partial charge in [-0.05, 0) is 37.3 Å². The summed E-state index contributed by atoms with van der Waals surface area (Å²) in [6.45, 7) is 1.32. The van der Waals surface area contributed by atoms with Crippen LogP contribution >= 0.6 is 15.9 Å². The molecule has 0 spiro atoms. The highest BCUT2D eigenvalue weighted by Gasteiger charge is 2.20. The molecule has 1 atom stereocenters. The van der Waals surface area contributed by atoms with E-state index >= 15 is 0 Å². The predicted molar refractivity (Wildman–Crippen MR) is 93.5 cm³/mol. The number of hydrogen-bond acceptors (Lipinski definition) is 4. The SMILES string of the molecule is C[C@H](NC(=O)/C(=C\c1ccco1)NC(=O)c1cccc(Br)c1)C(=O)O. The Labute approximate surface area is 151 Å². The Morgan fingerprint density at radius 3 is 2.60 bits per heavy atom. The van der Waals surface area contributed by atoms with Crippen LogP contribution in [0.3, 0.4) is 0 Å². The van der Waals surface area contributed by atoms with Gasteiger partial charge in [-0.1, -0.05) is 22.0 Å². The lowest BCUT2D eigenvalue weighted by molar-refractivity contribution is -0.140. The Bertz CT molecular complexity index is 814. The molecule has 0 aliphatic heterocycles. The second-order valence-electron chi connectivity index (χ2n) is 5.07. The molecular weight excluding hydrogens is 392 g/mol. The van der Waals surface area contributed by atoms with E-state index in [1.54, 1.807) is 36.4 Å². The molecule has 7 nitrogen and oxygen atoms in total. The quantitative estimate of drug-likeness (QED) is 0.638. The number of benzene rings is 1. The zero-order valence-electron chi connectivity index (χ0n) is 13.2. The standard InChI is InChI=1S/C17H15BrN2O5/c1-10(17(23)24)19-16(22)14(9-13-6-3-7-25-13)20-15(21)11-4-2-5-12(18)8-11/h2-10H,1H3,(H,19,22)(H,20,21)(H,23,24)/b14-9+/t10-/m0/s1. The lowest BCUT2D eigenvalue weighted by atomic mass is 10.2. The highest BCUT2D eigenvalue weighted by molar-refractivity contribution is 9.10. The van der Waals surface area contributed by atoms with Gasteiger partial charge in [0.1, 0.15) is 17.5 Å². The summed E-state index contributed by atoms with van der Waals surface area (Å²) in [5.74, 6) is -2.11. The van der Waals surface area contributed by atoms with Gasteiger partial charge in [-0.3, -0.25) is 14.4 Å². The Hall–Kier alpha value is -2.87. The molecule has 25 heavy (non-hydrogen) atoms. The van der Waals surface area contributed by atoms with Gasteiger partial charge in [0.15, 0.2) is 0 Å². The molecule has 2 rings (SSSR count). The van der Waals surface area contributed by atoms with Crippen LogP contribution in [0, 0.1) is 0 Å². The number of carbonyl (C=O) groups excluding carboxylic acids is 2. The fourth-order valence-corrected chi connectivity index (χ4v) is 2.23. The van der Waals surface area contributed by atoms with E-state index in [1.807, 2.05) is 0 Å². The summed E-state index contributed by atoms with van der Waals surface area (Å²) in [5.41, 5.74) is 0.201. The number of furan rings is 1. The summed E-state index contributed by atoms with van der Waals surface area (Å²) in [7, 11) is 0. The zero-order valence-corrected chi connectivity index (χ0v) is 14.7. The molecule has 3 N–H and O–H groups in total. The van der Waals surface area contributed by atoms with E-state index in [0.717, 1.165) is 0 Å². The Kier molecular flexibility index (Phi) is 6.13. The maximum atomic E-state index is 12.4. The van der Waals surface area contributed by atoms with Crippen molar-refractivity contribution in [2.24, 2.45) is 0 Å². The van der Waals surface area contributed by atoms with Gasteiger partial charge in [-0.15, -0.1) is 0 Å². The van der Waals surface area contributed by atoms with Gasteiger partial charge in [-0.2, -0.15) is 0 Å². The minimum Gasteiger partial charge on any atom is -0.480 e. The van der Waals surface area contributed by atoms with E-state index in [-0.39, 0.29) is 5.70 Å². The Morgan fingerprint density at radius 2 is 2.00 bits per heavy atom. The number of carboxylic acids is 1. The molecule has 2 amide bonds. The van der Waals surface area contributed by atoms with Crippen LogP contribution in [0.1, 0.15) is 23.0 Å². The third kappa shape index (κ3) is 5.32. The molecule has 0 aliphatic carbocycles. The maximum Gasteiger partial charge on any atom is 0.325 e. The first-order chi connectivity index (χ1) is 11.9. The minimum absolute atomic E-state index is 0.131. The van der Waals surface area contributed by atoms with E-state index in [2.05, 4.69) is 26.6 Å². The third-order valence-corrected chi connectivity index (χ3v) is 3.62. The third-order valence-electron chi connectivity index (χ3n) is 3.13. The van der Waals surface area contributed by atoms with Gasteiger partial charge >= 0.3 is 5.97 Å². The zero-order chi connectivity index (χ0) is 18.4. The molecule has 0 aliphatic rings. The van der Waals surface area contributed by atoms with Crippen LogP contribution in [-0.2, 0) is 9.59 Å². The van der Waals surface area contributed by atoms with Gasteiger partial charge in [0.05, 0.1) is 6.26 Å². The van der Waals surface area contributed by atoms with E-state index in [4.69, 9.17) is 9.52 Å². The summed E-state index contributed by atoms with van der Waals surface area (Å²) in [6.07, 6.45) is 2.73. The average Bonchev–Trinajstić information content (AvgIpc) is 3.07. The molecule has 8 heteroatoms. The van der Waals surface area contributed by atoms with Crippen LogP contribution < -0.4 is 10.6 Å². The maximum absolute atomic E-state index is 12.4. The van der Waals surface area contributed by atoms with Crippen molar-refractivity contribution in [3.8, 4) is 0 Å². The number of hydrogen-bond donors (Lipinski definition) is 3. The van der Waals surface area contributed by atoms with Crippen LogP contribution in [0.15, 0.2) is 57.2 Å². The topological polar surface area (TPSA) is 109 Å². The highest BCUT2D eigenvalue weighted by Crippen LogP contribution is 2.13. The van der Waals surface area contributed by atoms with Crippen LogP contribution in [0.4, 0.5) is 0 Å². The molecule has 0 unspecified atom stereocenters. The monoisotopic (exact) mass is 406 g/mol. The molecule has 1 aromatic heterocycles. The van der Waals surface area contributed by atoms with Gasteiger partial charge < -0.3 is 20.2 Å². The van der Waals surface area contributed by atoms with E-state index < -0.39 is 23.8 Å². The average molecular weight is 407 g/mol. The second kappa shape index (κ2) is 8.29. The predicted octanol–water partition coefficient (Wildman–Crippen LogP) is 2.40. The molecule has 0 radical (unpaired) electrons. The number of carboxylic acid groups (broad SMARTS) is 1. The van der Waals surface area contributed by atoms with Crippen molar-refractivity contribution in [3.05, 3.63) is 64.2 Å². The molecule has 0 bridgehead atoms. The molecular formula is C17H15BrN2O5. The smallest absolute Gasteiger partial charge is 0.325 e. The number of halogens is 1.